The fourth-order valence-corrected chi connectivity index (χ4v) is 3.14. The molecule has 0 fully saturated rings. The van der Waals surface area contributed by atoms with Crippen LogP contribution in [0.5, 0.6) is 0 Å². The van der Waals surface area contributed by atoms with Gasteiger partial charge in [-0.1, -0.05) is 33.8 Å². The number of rotatable bonds is 7. The smallest absolute Gasteiger partial charge is 0.232 e. The lowest BCUT2D eigenvalue weighted by Crippen LogP contribution is -2.38. The maximum absolute atomic E-state index is 12.5. The fraction of sp³-hybridized carbons (Fsp3) is 0.588. The van der Waals surface area contributed by atoms with Crippen molar-refractivity contribution in [1.29, 1.82) is 0 Å². The number of nitrogens with zero attached hydrogens (tertiary/aromatic N) is 1. The Morgan fingerprint density at radius 3 is 2.29 bits per heavy atom. The third-order valence-electron chi connectivity index (χ3n) is 3.09. The molecule has 1 aromatic carbocycles. The molecule has 0 heterocycles. The number of hydrogen-bond acceptors (Lipinski definition) is 3. The van der Waals surface area contributed by atoms with E-state index in [2.05, 4.69) is 27.7 Å². The summed E-state index contributed by atoms with van der Waals surface area (Å²) in [6.45, 7) is 12.3. The van der Waals surface area contributed by atoms with Gasteiger partial charge in [-0.2, -0.15) is 0 Å². The Hall–Kier alpha value is -1.16. The average molecular weight is 308 g/mol. The van der Waals surface area contributed by atoms with Gasteiger partial charge in [-0.15, -0.1) is 11.8 Å². The van der Waals surface area contributed by atoms with Crippen LogP contribution in [0, 0.1) is 18.8 Å². The summed E-state index contributed by atoms with van der Waals surface area (Å²) in [6, 6.07) is 5.84. The fourth-order valence-electron chi connectivity index (χ4n) is 2.16. The molecular weight excluding hydrogens is 280 g/mol. The normalized spacial score (nSPS) is 11.2. The van der Waals surface area contributed by atoms with E-state index in [1.54, 1.807) is 11.8 Å². The Balaban J connectivity index is 2.66. The molecular formula is C17H28N2OS. The van der Waals surface area contributed by atoms with Crippen molar-refractivity contribution >= 4 is 23.4 Å². The summed E-state index contributed by atoms with van der Waals surface area (Å²) in [5, 5.41) is 0. The average Bonchev–Trinajstić information content (AvgIpc) is 2.37. The minimum Gasteiger partial charge on any atom is -0.399 e. The molecule has 1 aromatic rings. The Labute approximate surface area is 133 Å². The summed E-state index contributed by atoms with van der Waals surface area (Å²) < 4.78 is 0. The van der Waals surface area contributed by atoms with Gasteiger partial charge in [0.1, 0.15) is 0 Å². The third kappa shape index (κ3) is 6.42. The molecule has 2 N–H and O–H groups in total. The molecule has 0 saturated carbocycles. The molecule has 1 rings (SSSR count). The molecule has 0 radical (unpaired) electrons. The quantitative estimate of drug-likeness (QED) is 0.615. The maximum Gasteiger partial charge on any atom is 0.232 e. The van der Waals surface area contributed by atoms with E-state index >= 15 is 0 Å². The van der Waals surface area contributed by atoms with Crippen molar-refractivity contribution in [2.45, 2.75) is 39.5 Å². The molecule has 21 heavy (non-hydrogen) atoms. The van der Waals surface area contributed by atoms with Crippen LogP contribution in [0.3, 0.4) is 0 Å². The number of thioether (sulfide) groups is 1. The SMILES string of the molecule is Cc1ccc(N)cc1SCC(=O)N(CC(C)C)CC(C)C. The van der Waals surface area contributed by atoms with Crippen molar-refractivity contribution in [3.8, 4) is 0 Å². The highest BCUT2D eigenvalue weighted by Gasteiger charge is 2.16. The molecule has 0 bridgehead atoms. The molecule has 0 aliphatic heterocycles. The largest absolute Gasteiger partial charge is 0.399 e. The minimum atomic E-state index is 0.212. The lowest BCUT2D eigenvalue weighted by Gasteiger charge is -2.26. The number of anilines is 1. The molecule has 0 aromatic heterocycles. The van der Waals surface area contributed by atoms with Gasteiger partial charge in [0, 0.05) is 23.7 Å². The molecule has 0 saturated heterocycles. The van der Waals surface area contributed by atoms with Crippen LogP contribution in [0.15, 0.2) is 23.1 Å². The molecule has 0 atom stereocenters. The molecule has 0 spiro atoms. The maximum atomic E-state index is 12.5. The van der Waals surface area contributed by atoms with E-state index in [1.807, 2.05) is 30.0 Å². The number of aryl methyl sites for hydroxylation is 1. The van der Waals surface area contributed by atoms with Crippen LogP contribution >= 0.6 is 11.8 Å². The van der Waals surface area contributed by atoms with Gasteiger partial charge in [-0.05, 0) is 36.5 Å². The molecule has 0 aliphatic carbocycles. The van der Waals surface area contributed by atoms with E-state index in [0.717, 1.165) is 23.7 Å². The van der Waals surface area contributed by atoms with E-state index in [-0.39, 0.29) is 5.91 Å². The van der Waals surface area contributed by atoms with E-state index in [0.29, 0.717) is 17.6 Å². The standard InChI is InChI=1S/C17H28N2OS/c1-12(2)9-19(10-13(3)4)17(20)11-21-16-8-15(18)7-6-14(16)5/h6-8,12-13H,9-11,18H2,1-5H3. The monoisotopic (exact) mass is 308 g/mol. The number of benzene rings is 1. The first-order valence-electron chi connectivity index (χ1n) is 7.56. The summed E-state index contributed by atoms with van der Waals surface area (Å²) in [7, 11) is 0. The molecule has 4 heteroatoms. The van der Waals surface area contributed by atoms with Crippen molar-refractivity contribution in [1.82, 2.24) is 4.90 Å². The lowest BCUT2D eigenvalue weighted by molar-refractivity contribution is -0.129. The Morgan fingerprint density at radius 1 is 1.19 bits per heavy atom. The van der Waals surface area contributed by atoms with Crippen LogP contribution in [0.25, 0.3) is 0 Å². The van der Waals surface area contributed by atoms with Crippen molar-refractivity contribution in [3.05, 3.63) is 23.8 Å². The molecule has 0 aliphatic rings. The second-order valence-electron chi connectivity index (χ2n) is 6.40. The van der Waals surface area contributed by atoms with Crippen LogP contribution in [-0.4, -0.2) is 29.6 Å². The van der Waals surface area contributed by atoms with Crippen LogP contribution in [0.4, 0.5) is 5.69 Å². The van der Waals surface area contributed by atoms with Crippen molar-refractivity contribution < 1.29 is 4.79 Å². The number of carbonyl (C=O) groups excluding carboxylic acids is 1. The summed E-state index contributed by atoms with van der Waals surface area (Å²) >= 11 is 1.58. The van der Waals surface area contributed by atoms with Gasteiger partial charge in [0.15, 0.2) is 0 Å². The lowest BCUT2D eigenvalue weighted by atomic mass is 10.1. The van der Waals surface area contributed by atoms with Crippen molar-refractivity contribution in [2.75, 3.05) is 24.6 Å². The van der Waals surface area contributed by atoms with Gasteiger partial charge < -0.3 is 10.6 Å². The predicted octanol–water partition coefficient (Wildman–Crippen LogP) is 3.81. The summed E-state index contributed by atoms with van der Waals surface area (Å²) in [5.41, 5.74) is 7.73. The Kier molecular flexibility index (Phi) is 7.09. The van der Waals surface area contributed by atoms with Gasteiger partial charge >= 0.3 is 0 Å². The molecule has 118 valence electrons. The second kappa shape index (κ2) is 8.32. The number of nitrogens with two attached hydrogens (primary N) is 1. The van der Waals surface area contributed by atoms with E-state index < -0.39 is 0 Å². The Bertz CT molecular complexity index is 462. The molecule has 0 unspecified atom stereocenters. The number of hydrogen-bond donors (Lipinski definition) is 1. The van der Waals surface area contributed by atoms with Crippen LogP contribution < -0.4 is 5.73 Å². The Morgan fingerprint density at radius 2 is 1.76 bits per heavy atom. The van der Waals surface area contributed by atoms with E-state index in [4.69, 9.17) is 5.73 Å². The van der Waals surface area contributed by atoms with Crippen LogP contribution in [-0.2, 0) is 4.79 Å². The van der Waals surface area contributed by atoms with Crippen molar-refractivity contribution in [2.24, 2.45) is 11.8 Å². The molecule has 1 amide bonds. The highest BCUT2D eigenvalue weighted by molar-refractivity contribution is 8.00. The zero-order valence-electron chi connectivity index (χ0n) is 13.8. The zero-order chi connectivity index (χ0) is 16.0. The first kappa shape index (κ1) is 17.9. The number of amides is 1. The zero-order valence-corrected chi connectivity index (χ0v) is 14.7. The second-order valence-corrected chi connectivity index (χ2v) is 7.42. The topological polar surface area (TPSA) is 46.3 Å². The first-order chi connectivity index (χ1) is 9.79. The van der Waals surface area contributed by atoms with Crippen LogP contribution in [0.2, 0.25) is 0 Å². The number of carbonyl (C=O) groups is 1. The summed E-state index contributed by atoms with van der Waals surface area (Å²) in [6.07, 6.45) is 0. The van der Waals surface area contributed by atoms with Gasteiger partial charge in [0.25, 0.3) is 0 Å². The van der Waals surface area contributed by atoms with E-state index in [1.165, 1.54) is 5.56 Å². The van der Waals surface area contributed by atoms with Crippen molar-refractivity contribution in [3.63, 3.8) is 0 Å². The first-order valence-corrected chi connectivity index (χ1v) is 8.54. The van der Waals surface area contributed by atoms with Crippen LogP contribution in [0.1, 0.15) is 33.3 Å². The third-order valence-corrected chi connectivity index (χ3v) is 4.23. The number of nitrogen functional groups attached to an aromatic ring is 1. The van der Waals surface area contributed by atoms with Gasteiger partial charge in [0.05, 0.1) is 5.75 Å². The molecule has 3 nitrogen and oxygen atoms in total. The predicted molar refractivity (Wildman–Crippen MR) is 92.6 cm³/mol. The summed E-state index contributed by atoms with van der Waals surface area (Å²) in [5.74, 6) is 1.67. The highest BCUT2D eigenvalue weighted by Crippen LogP contribution is 2.25. The minimum absolute atomic E-state index is 0.212. The highest BCUT2D eigenvalue weighted by atomic mass is 32.2. The van der Waals surface area contributed by atoms with Gasteiger partial charge in [-0.25, -0.2) is 0 Å². The van der Waals surface area contributed by atoms with Gasteiger partial charge in [-0.3, -0.25) is 4.79 Å². The summed E-state index contributed by atoms with van der Waals surface area (Å²) in [4.78, 5) is 15.5. The van der Waals surface area contributed by atoms with E-state index in [9.17, 15) is 4.79 Å². The van der Waals surface area contributed by atoms with Gasteiger partial charge in [0.2, 0.25) is 5.91 Å².